The first kappa shape index (κ1) is 10.1. The van der Waals surface area contributed by atoms with Gasteiger partial charge in [0, 0.05) is 30.2 Å². The van der Waals surface area contributed by atoms with Crippen molar-refractivity contribution >= 4 is 11.3 Å². The van der Waals surface area contributed by atoms with Crippen LogP contribution in [0.5, 0.6) is 0 Å². The molecular formula is C10H17N3S. The Balaban J connectivity index is 2.06. The molecule has 2 N–H and O–H groups in total. The van der Waals surface area contributed by atoms with Crippen molar-refractivity contribution < 1.29 is 0 Å². The molecule has 1 aliphatic heterocycles. The first-order chi connectivity index (χ1) is 6.58. The lowest BCUT2D eigenvalue weighted by atomic mass is 10.0. The maximum Gasteiger partial charge on any atom is 0.112 e. The van der Waals surface area contributed by atoms with Gasteiger partial charge in [-0.15, -0.1) is 11.3 Å². The molecule has 4 heteroatoms. The van der Waals surface area contributed by atoms with E-state index in [0.29, 0.717) is 6.04 Å². The molecule has 0 aromatic carbocycles. The van der Waals surface area contributed by atoms with Gasteiger partial charge in [-0.05, 0) is 20.8 Å². The molecule has 14 heavy (non-hydrogen) atoms. The number of aromatic nitrogens is 1. The van der Waals surface area contributed by atoms with E-state index in [2.05, 4.69) is 36.4 Å². The highest BCUT2D eigenvalue weighted by Gasteiger charge is 2.29. The number of hydrogen-bond donors (Lipinski definition) is 2. The van der Waals surface area contributed by atoms with Crippen LogP contribution >= 0.6 is 11.3 Å². The van der Waals surface area contributed by atoms with Gasteiger partial charge >= 0.3 is 0 Å². The van der Waals surface area contributed by atoms with Crippen molar-refractivity contribution in [1.82, 2.24) is 15.6 Å². The summed E-state index contributed by atoms with van der Waals surface area (Å²) in [4.78, 5) is 5.71. The summed E-state index contributed by atoms with van der Waals surface area (Å²) in [5, 5.41) is 8.05. The van der Waals surface area contributed by atoms with Crippen molar-refractivity contribution in [2.24, 2.45) is 0 Å². The van der Waals surface area contributed by atoms with Gasteiger partial charge in [0.05, 0.1) is 5.54 Å². The largest absolute Gasteiger partial charge is 0.314 e. The molecule has 0 spiro atoms. The highest BCUT2D eigenvalue weighted by molar-refractivity contribution is 7.11. The van der Waals surface area contributed by atoms with Crippen molar-refractivity contribution in [3.8, 4) is 0 Å². The van der Waals surface area contributed by atoms with Crippen LogP contribution in [-0.2, 0) is 5.54 Å². The highest BCUT2D eigenvalue weighted by atomic mass is 32.1. The van der Waals surface area contributed by atoms with Gasteiger partial charge in [-0.25, -0.2) is 4.98 Å². The lowest BCUT2D eigenvalue weighted by Gasteiger charge is -2.36. The normalized spacial score (nSPS) is 18.2. The summed E-state index contributed by atoms with van der Waals surface area (Å²) in [7, 11) is 0. The number of nitrogens with one attached hydrogen (secondary N) is 2. The molecule has 78 valence electrons. The van der Waals surface area contributed by atoms with Gasteiger partial charge in [0.1, 0.15) is 5.01 Å². The molecule has 0 bridgehead atoms. The maximum atomic E-state index is 4.43. The van der Waals surface area contributed by atoms with Gasteiger partial charge in [-0.3, -0.25) is 0 Å². The molecule has 0 atom stereocenters. The van der Waals surface area contributed by atoms with E-state index in [4.69, 9.17) is 0 Å². The molecule has 0 amide bonds. The Bertz CT molecular complexity index is 315. The standard InChI is InChI=1S/C10H17N3S/c1-7-4-12-9(14-7)10(2,3)13-8-5-11-6-8/h4,8,11,13H,5-6H2,1-3H3. The molecule has 2 rings (SSSR count). The van der Waals surface area contributed by atoms with Gasteiger partial charge in [-0.1, -0.05) is 0 Å². The second-order valence-electron chi connectivity index (χ2n) is 4.40. The Labute approximate surface area is 88.9 Å². The molecule has 3 nitrogen and oxygen atoms in total. The summed E-state index contributed by atoms with van der Waals surface area (Å²) in [6.45, 7) is 8.65. The fraction of sp³-hybridized carbons (Fsp3) is 0.700. The summed E-state index contributed by atoms with van der Waals surface area (Å²) >= 11 is 1.78. The van der Waals surface area contributed by atoms with Crippen LogP contribution in [-0.4, -0.2) is 24.1 Å². The molecular weight excluding hydrogens is 194 g/mol. The van der Waals surface area contributed by atoms with E-state index in [9.17, 15) is 0 Å². The smallest absolute Gasteiger partial charge is 0.112 e. The van der Waals surface area contributed by atoms with Crippen molar-refractivity contribution in [2.75, 3.05) is 13.1 Å². The van der Waals surface area contributed by atoms with Crippen molar-refractivity contribution in [3.63, 3.8) is 0 Å². The van der Waals surface area contributed by atoms with Crippen molar-refractivity contribution in [1.29, 1.82) is 0 Å². The third kappa shape index (κ3) is 1.97. The van der Waals surface area contributed by atoms with Crippen LogP contribution in [0.3, 0.4) is 0 Å². The second-order valence-corrected chi connectivity index (χ2v) is 5.64. The molecule has 1 aromatic rings. The van der Waals surface area contributed by atoms with Crippen LogP contribution in [0.4, 0.5) is 0 Å². The van der Waals surface area contributed by atoms with Crippen LogP contribution in [0.25, 0.3) is 0 Å². The Morgan fingerprint density at radius 2 is 2.29 bits per heavy atom. The Hall–Kier alpha value is -0.450. The predicted octanol–water partition coefficient (Wildman–Crippen LogP) is 1.25. The van der Waals surface area contributed by atoms with Crippen LogP contribution in [0.2, 0.25) is 0 Å². The SMILES string of the molecule is Cc1cnc(C(C)(C)NC2CNC2)s1. The first-order valence-corrected chi connectivity index (χ1v) is 5.81. The van der Waals surface area contributed by atoms with Crippen LogP contribution in [0.15, 0.2) is 6.20 Å². The number of hydrogen-bond acceptors (Lipinski definition) is 4. The van der Waals surface area contributed by atoms with Gasteiger partial charge in [0.2, 0.25) is 0 Å². The van der Waals surface area contributed by atoms with Crippen molar-refractivity contribution in [3.05, 3.63) is 16.1 Å². The summed E-state index contributed by atoms with van der Waals surface area (Å²) in [6, 6.07) is 0.606. The van der Waals surface area contributed by atoms with E-state index in [1.165, 1.54) is 9.88 Å². The monoisotopic (exact) mass is 211 g/mol. The molecule has 2 heterocycles. The minimum Gasteiger partial charge on any atom is -0.314 e. The molecule has 0 radical (unpaired) electrons. The first-order valence-electron chi connectivity index (χ1n) is 4.99. The summed E-state index contributed by atoms with van der Waals surface area (Å²) in [6.07, 6.45) is 1.95. The minimum absolute atomic E-state index is 0.00565. The van der Waals surface area contributed by atoms with Crippen molar-refractivity contribution in [2.45, 2.75) is 32.4 Å². The number of thiazole rings is 1. The van der Waals surface area contributed by atoms with E-state index < -0.39 is 0 Å². The van der Waals surface area contributed by atoms with Gasteiger partial charge < -0.3 is 10.6 Å². The maximum absolute atomic E-state index is 4.43. The number of aryl methyl sites for hydroxylation is 1. The average Bonchev–Trinajstić information content (AvgIpc) is 2.45. The molecule has 0 aliphatic carbocycles. The van der Waals surface area contributed by atoms with Gasteiger partial charge in [0.25, 0.3) is 0 Å². The van der Waals surface area contributed by atoms with Crippen LogP contribution < -0.4 is 10.6 Å². The van der Waals surface area contributed by atoms with E-state index in [-0.39, 0.29) is 5.54 Å². The lowest BCUT2D eigenvalue weighted by molar-refractivity contribution is 0.273. The molecule has 0 saturated carbocycles. The van der Waals surface area contributed by atoms with Crippen LogP contribution in [0.1, 0.15) is 23.7 Å². The Kier molecular flexibility index (Phi) is 2.60. The second kappa shape index (κ2) is 3.61. The summed E-state index contributed by atoms with van der Waals surface area (Å²) < 4.78 is 0. The molecule has 1 aliphatic rings. The Morgan fingerprint density at radius 3 is 2.71 bits per heavy atom. The number of nitrogens with zero attached hydrogens (tertiary/aromatic N) is 1. The minimum atomic E-state index is 0.00565. The third-order valence-corrected chi connectivity index (χ3v) is 3.74. The zero-order valence-electron chi connectivity index (χ0n) is 8.92. The summed E-state index contributed by atoms with van der Waals surface area (Å²) in [5.41, 5.74) is 0.00565. The Morgan fingerprint density at radius 1 is 1.57 bits per heavy atom. The fourth-order valence-electron chi connectivity index (χ4n) is 1.61. The number of rotatable bonds is 3. The zero-order valence-corrected chi connectivity index (χ0v) is 9.74. The molecule has 1 saturated heterocycles. The van der Waals surface area contributed by atoms with E-state index >= 15 is 0 Å². The third-order valence-electron chi connectivity index (χ3n) is 2.50. The van der Waals surface area contributed by atoms with E-state index in [1.807, 2.05) is 6.20 Å². The van der Waals surface area contributed by atoms with Crippen LogP contribution in [0, 0.1) is 6.92 Å². The molecule has 1 fully saturated rings. The van der Waals surface area contributed by atoms with Gasteiger partial charge in [-0.2, -0.15) is 0 Å². The lowest BCUT2D eigenvalue weighted by Crippen LogP contribution is -2.59. The highest BCUT2D eigenvalue weighted by Crippen LogP contribution is 2.25. The molecule has 1 aromatic heterocycles. The van der Waals surface area contributed by atoms with E-state index in [1.54, 1.807) is 11.3 Å². The zero-order chi connectivity index (χ0) is 10.2. The quantitative estimate of drug-likeness (QED) is 0.790. The topological polar surface area (TPSA) is 37.0 Å². The predicted molar refractivity (Wildman–Crippen MR) is 59.7 cm³/mol. The van der Waals surface area contributed by atoms with E-state index in [0.717, 1.165) is 13.1 Å². The fourth-order valence-corrected chi connectivity index (χ4v) is 2.44. The van der Waals surface area contributed by atoms with Gasteiger partial charge in [0.15, 0.2) is 0 Å². The average molecular weight is 211 g/mol. The molecule has 0 unspecified atom stereocenters. The summed E-state index contributed by atoms with van der Waals surface area (Å²) in [5.74, 6) is 0.